The minimum atomic E-state index is 0.181. The van der Waals surface area contributed by atoms with Crippen LogP contribution in [-0.4, -0.2) is 31.0 Å². The molecule has 0 bridgehead atoms. The highest BCUT2D eigenvalue weighted by molar-refractivity contribution is 5.95. The minimum Gasteiger partial charge on any atom is -0.497 e. The number of hydrogen-bond acceptors (Lipinski definition) is 3. The standard InChI is InChI=1S/C26H30N2O2/c1-17-12-14-28(15-13-17)26(29)19-8-11-24-23(16-19)21-4-3-5-22(21)25(27-24)18-6-9-20(30-2)10-7-18/h3-4,6-11,16-17,21-22,25,27H,5,12-15H2,1-2H3. The summed E-state index contributed by atoms with van der Waals surface area (Å²) >= 11 is 0. The van der Waals surface area contributed by atoms with Gasteiger partial charge in [-0.2, -0.15) is 0 Å². The second-order valence-corrected chi connectivity index (χ2v) is 9.03. The third-order valence-corrected chi connectivity index (χ3v) is 7.16. The molecule has 1 fully saturated rings. The highest BCUT2D eigenvalue weighted by Crippen LogP contribution is 2.50. The van der Waals surface area contributed by atoms with Gasteiger partial charge in [0.05, 0.1) is 13.2 Å². The molecule has 3 unspecified atom stereocenters. The Hall–Kier alpha value is -2.75. The highest BCUT2D eigenvalue weighted by atomic mass is 16.5. The molecule has 0 radical (unpaired) electrons. The van der Waals surface area contributed by atoms with Gasteiger partial charge in [0.2, 0.25) is 0 Å². The van der Waals surface area contributed by atoms with Crippen LogP contribution in [0.4, 0.5) is 5.69 Å². The summed E-state index contributed by atoms with van der Waals surface area (Å²) in [5.74, 6) is 2.60. The van der Waals surface area contributed by atoms with Crippen molar-refractivity contribution in [3.05, 3.63) is 71.3 Å². The maximum atomic E-state index is 13.1. The number of allylic oxidation sites excluding steroid dienone is 2. The molecule has 2 heterocycles. The summed E-state index contributed by atoms with van der Waals surface area (Å²) in [6.45, 7) is 4.03. The van der Waals surface area contributed by atoms with E-state index < -0.39 is 0 Å². The van der Waals surface area contributed by atoms with Gasteiger partial charge in [0.1, 0.15) is 5.75 Å². The van der Waals surface area contributed by atoms with E-state index in [0.29, 0.717) is 11.8 Å². The molecule has 0 spiro atoms. The topological polar surface area (TPSA) is 41.6 Å². The number of rotatable bonds is 3. The van der Waals surface area contributed by atoms with Crippen LogP contribution in [0, 0.1) is 11.8 Å². The van der Waals surface area contributed by atoms with Crippen molar-refractivity contribution in [3.63, 3.8) is 0 Å². The highest BCUT2D eigenvalue weighted by Gasteiger charge is 2.38. The maximum absolute atomic E-state index is 13.1. The van der Waals surface area contributed by atoms with Gasteiger partial charge in [-0.3, -0.25) is 4.79 Å². The van der Waals surface area contributed by atoms with Gasteiger partial charge in [0.25, 0.3) is 5.91 Å². The van der Waals surface area contributed by atoms with E-state index in [2.05, 4.69) is 48.7 Å². The number of fused-ring (bicyclic) bond motifs is 3. The number of nitrogens with one attached hydrogen (secondary N) is 1. The number of piperidine rings is 1. The summed E-state index contributed by atoms with van der Waals surface area (Å²) < 4.78 is 5.32. The molecule has 2 aromatic carbocycles. The number of hydrogen-bond donors (Lipinski definition) is 1. The van der Waals surface area contributed by atoms with E-state index in [1.165, 1.54) is 11.1 Å². The van der Waals surface area contributed by atoms with Crippen LogP contribution >= 0.6 is 0 Å². The Kier molecular flexibility index (Phi) is 5.01. The van der Waals surface area contributed by atoms with Gasteiger partial charge in [-0.1, -0.05) is 31.2 Å². The summed E-state index contributed by atoms with van der Waals surface area (Å²) in [5, 5.41) is 3.77. The SMILES string of the molecule is COc1ccc(C2Nc3ccc(C(=O)N4CCC(C)CC4)cc3C3C=CCC32)cc1. The summed E-state index contributed by atoms with van der Waals surface area (Å²) in [4.78, 5) is 15.1. The minimum absolute atomic E-state index is 0.181. The van der Waals surface area contributed by atoms with Crippen LogP contribution < -0.4 is 10.1 Å². The Morgan fingerprint density at radius 3 is 2.60 bits per heavy atom. The van der Waals surface area contributed by atoms with E-state index in [1.807, 2.05) is 23.1 Å². The smallest absolute Gasteiger partial charge is 0.253 e. The predicted molar refractivity (Wildman–Crippen MR) is 120 cm³/mol. The molecular formula is C26H30N2O2. The molecule has 4 heteroatoms. The van der Waals surface area contributed by atoms with E-state index in [4.69, 9.17) is 4.74 Å². The molecule has 0 aromatic heterocycles. The van der Waals surface area contributed by atoms with Gasteiger partial charge in [0, 0.05) is 30.3 Å². The Labute approximate surface area is 178 Å². The number of carbonyl (C=O) groups is 1. The zero-order valence-corrected chi connectivity index (χ0v) is 17.8. The third kappa shape index (κ3) is 3.38. The first kappa shape index (κ1) is 19.2. The third-order valence-electron chi connectivity index (χ3n) is 7.16. The molecule has 3 aliphatic rings. The number of ether oxygens (including phenoxy) is 1. The lowest BCUT2D eigenvalue weighted by molar-refractivity contribution is 0.0697. The number of anilines is 1. The number of amides is 1. The molecule has 1 N–H and O–H groups in total. The molecule has 5 rings (SSSR count). The summed E-state index contributed by atoms with van der Waals surface area (Å²) in [5.41, 5.74) is 4.51. The Morgan fingerprint density at radius 2 is 1.87 bits per heavy atom. The van der Waals surface area contributed by atoms with Crippen molar-refractivity contribution in [1.82, 2.24) is 4.90 Å². The molecule has 1 saturated heterocycles. The number of nitrogens with zero attached hydrogens (tertiary/aromatic N) is 1. The van der Waals surface area contributed by atoms with Gasteiger partial charge >= 0.3 is 0 Å². The van der Waals surface area contributed by atoms with Crippen LogP contribution in [-0.2, 0) is 0 Å². The van der Waals surface area contributed by atoms with E-state index in [9.17, 15) is 4.79 Å². The van der Waals surface area contributed by atoms with Crippen molar-refractivity contribution in [2.45, 2.75) is 38.1 Å². The Bertz CT molecular complexity index is 957. The van der Waals surface area contributed by atoms with Crippen LogP contribution in [0.15, 0.2) is 54.6 Å². The first-order chi connectivity index (χ1) is 14.6. The summed E-state index contributed by atoms with van der Waals surface area (Å²) in [6, 6.07) is 14.9. The van der Waals surface area contributed by atoms with Crippen molar-refractivity contribution in [3.8, 4) is 5.75 Å². The quantitative estimate of drug-likeness (QED) is 0.700. The first-order valence-electron chi connectivity index (χ1n) is 11.1. The van der Waals surface area contributed by atoms with Crippen molar-refractivity contribution in [2.75, 3.05) is 25.5 Å². The lowest BCUT2D eigenvalue weighted by atomic mass is 9.76. The van der Waals surface area contributed by atoms with E-state index in [1.54, 1.807) is 7.11 Å². The molecule has 1 amide bonds. The number of methoxy groups -OCH3 is 1. The average molecular weight is 403 g/mol. The van der Waals surface area contributed by atoms with Crippen LogP contribution in [0.25, 0.3) is 0 Å². The molecule has 2 aromatic rings. The van der Waals surface area contributed by atoms with Gasteiger partial charge in [-0.25, -0.2) is 0 Å². The van der Waals surface area contributed by atoms with Crippen molar-refractivity contribution in [1.29, 1.82) is 0 Å². The fraction of sp³-hybridized carbons (Fsp3) is 0.423. The van der Waals surface area contributed by atoms with Crippen LogP contribution in [0.1, 0.15) is 59.6 Å². The summed E-state index contributed by atoms with van der Waals surface area (Å²) in [6.07, 6.45) is 7.89. The van der Waals surface area contributed by atoms with E-state index in [0.717, 1.165) is 55.3 Å². The largest absolute Gasteiger partial charge is 0.497 e. The second-order valence-electron chi connectivity index (χ2n) is 9.03. The lowest BCUT2D eigenvalue weighted by Gasteiger charge is -2.38. The molecule has 2 aliphatic heterocycles. The van der Waals surface area contributed by atoms with Gasteiger partial charge in [-0.05, 0) is 72.6 Å². The zero-order chi connectivity index (χ0) is 20.7. The maximum Gasteiger partial charge on any atom is 0.253 e. The number of benzene rings is 2. The molecule has 1 aliphatic carbocycles. The Balaban J connectivity index is 1.42. The predicted octanol–water partition coefficient (Wildman–Crippen LogP) is 5.39. The zero-order valence-electron chi connectivity index (χ0n) is 17.8. The fourth-order valence-electron chi connectivity index (χ4n) is 5.26. The van der Waals surface area contributed by atoms with Crippen molar-refractivity contribution >= 4 is 11.6 Å². The fourth-order valence-corrected chi connectivity index (χ4v) is 5.26. The molecule has 3 atom stereocenters. The van der Waals surface area contributed by atoms with Crippen LogP contribution in [0.3, 0.4) is 0 Å². The number of likely N-dealkylation sites (tertiary alicyclic amines) is 1. The van der Waals surface area contributed by atoms with Crippen molar-refractivity contribution < 1.29 is 9.53 Å². The van der Waals surface area contributed by atoms with Crippen LogP contribution in [0.5, 0.6) is 5.75 Å². The molecular weight excluding hydrogens is 372 g/mol. The van der Waals surface area contributed by atoms with E-state index >= 15 is 0 Å². The summed E-state index contributed by atoms with van der Waals surface area (Å²) in [7, 11) is 1.70. The Morgan fingerprint density at radius 1 is 1.10 bits per heavy atom. The first-order valence-corrected chi connectivity index (χ1v) is 11.1. The molecule has 4 nitrogen and oxygen atoms in total. The molecule has 30 heavy (non-hydrogen) atoms. The van der Waals surface area contributed by atoms with Crippen molar-refractivity contribution in [2.24, 2.45) is 11.8 Å². The average Bonchev–Trinajstić information content (AvgIpc) is 3.29. The second kappa shape index (κ2) is 7.82. The van der Waals surface area contributed by atoms with E-state index in [-0.39, 0.29) is 11.9 Å². The van der Waals surface area contributed by atoms with Gasteiger partial charge in [-0.15, -0.1) is 0 Å². The van der Waals surface area contributed by atoms with Gasteiger partial charge in [0.15, 0.2) is 0 Å². The number of carbonyl (C=O) groups excluding carboxylic acids is 1. The van der Waals surface area contributed by atoms with Gasteiger partial charge < -0.3 is 15.0 Å². The lowest BCUT2D eigenvalue weighted by Crippen LogP contribution is -2.38. The molecule has 0 saturated carbocycles. The monoisotopic (exact) mass is 402 g/mol. The molecule has 156 valence electrons. The van der Waals surface area contributed by atoms with Crippen LogP contribution in [0.2, 0.25) is 0 Å². The normalized spacial score (nSPS) is 25.4.